The van der Waals surface area contributed by atoms with Crippen molar-refractivity contribution in [2.75, 3.05) is 5.73 Å². The Labute approximate surface area is 103 Å². The van der Waals surface area contributed by atoms with E-state index < -0.39 is 0 Å². The van der Waals surface area contributed by atoms with E-state index in [1.807, 2.05) is 25.3 Å². The first-order valence-electron chi connectivity index (χ1n) is 5.97. The fourth-order valence-electron chi connectivity index (χ4n) is 1.59. The number of nitrogen functional groups attached to an aromatic ring is 1. The Balaban J connectivity index is 3.09. The van der Waals surface area contributed by atoms with Crippen LogP contribution < -0.4 is 10.5 Å². The molecule has 1 aromatic rings. The Morgan fingerprint density at radius 1 is 1.47 bits per heavy atom. The number of hydrogen-bond donors (Lipinski definition) is 1. The van der Waals surface area contributed by atoms with Crippen LogP contribution >= 0.6 is 0 Å². The number of anilines is 1. The summed E-state index contributed by atoms with van der Waals surface area (Å²) in [6.07, 6.45) is 2.07. The number of nitrogens with two attached hydrogens (primary N) is 1. The average molecular weight is 235 g/mol. The number of ether oxygens (including phenoxy) is 1. The molecule has 0 saturated carbocycles. The molecular formula is C13H21N3O. The molecule has 0 fully saturated rings. The summed E-state index contributed by atoms with van der Waals surface area (Å²) < 4.78 is 7.70. The molecule has 1 rings (SSSR count). The van der Waals surface area contributed by atoms with Crippen molar-refractivity contribution in [3.63, 3.8) is 0 Å². The number of nitriles is 1. The minimum atomic E-state index is -0.316. The number of hydrogen-bond acceptors (Lipinski definition) is 3. The smallest absolute Gasteiger partial charge is 0.218 e. The van der Waals surface area contributed by atoms with Gasteiger partial charge in [-0.1, -0.05) is 13.3 Å². The maximum Gasteiger partial charge on any atom is 0.218 e. The quantitative estimate of drug-likeness (QED) is 0.872. The van der Waals surface area contributed by atoms with Crippen LogP contribution in [0.15, 0.2) is 6.07 Å². The molecule has 4 heteroatoms. The van der Waals surface area contributed by atoms with Crippen molar-refractivity contribution in [1.29, 1.82) is 5.26 Å². The molecule has 94 valence electrons. The summed E-state index contributed by atoms with van der Waals surface area (Å²) in [6, 6.07) is 3.83. The lowest BCUT2D eigenvalue weighted by Gasteiger charge is -2.23. The van der Waals surface area contributed by atoms with Crippen LogP contribution in [0.25, 0.3) is 0 Å². The normalized spacial score (nSPS) is 11.2. The van der Waals surface area contributed by atoms with Crippen LogP contribution in [-0.2, 0) is 6.54 Å². The molecule has 0 spiro atoms. The molecule has 0 atom stereocenters. The highest BCUT2D eigenvalue weighted by molar-refractivity contribution is 5.55. The highest BCUT2D eigenvalue weighted by Crippen LogP contribution is 2.30. The van der Waals surface area contributed by atoms with Gasteiger partial charge in [0.1, 0.15) is 17.4 Å². The van der Waals surface area contributed by atoms with Gasteiger partial charge in [-0.25, -0.2) is 0 Å². The lowest BCUT2D eigenvalue weighted by molar-refractivity contribution is 0.118. The van der Waals surface area contributed by atoms with Crippen molar-refractivity contribution >= 4 is 5.69 Å². The van der Waals surface area contributed by atoms with Gasteiger partial charge < -0.3 is 15.0 Å². The van der Waals surface area contributed by atoms with E-state index in [9.17, 15) is 0 Å². The molecule has 0 unspecified atom stereocenters. The maximum atomic E-state index is 9.07. The zero-order valence-electron chi connectivity index (χ0n) is 11.1. The molecule has 0 radical (unpaired) electrons. The molecule has 1 aromatic heterocycles. The Morgan fingerprint density at radius 3 is 2.59 bits per heavy atom. The largest absolute Gasteiger partial charge is 0.472 e. The van der Waals surface area contributed by atoms with Gasteiger partial charge in [-0.05, 0) is 27.2 Å². The monoisotopic (exact) mass is 235 g/mol. The third kappa shape index (κ3) is 3.42. The Kier molecular flexibility index (Phi) is 4.06. The highest BCUT2D eigenvalue weighted by atomic mass is 16.5. The molecule has 1 heterocycles. The topological polar surface area (TPSA) is 64.0 Å². The summed E-state index contributed by atoms with van der Waals surface area (Å²) in [6.45, 7) is 8.78. The minimum absolute atomic E-state index is 0.316. The van der Waals surface area contributed by atoms with Gasteiger partial charge in [0, 0.05) is 12.6 Å². The first kappa shape index (κ1) is 13.4. The van der Waals surface area contributed by atoms with Crippen molar-refractivity contribution in [1.82, 2.24) is 4.57 Å². The first-order valence-corrected chi connectivity index (χ1v) is 5.97. The summed E-state index contributed by atoms with van der Waals surface area (Å²) in [5.74, 6) is 0.613. The van der Waals surface area contributed by atoms with E-state index in [-0.39, 0.29) is 5.60 Å². The van der Waals surface area contributed by atoms with Crippen molar-refractivity contribution < 1.29 is 4.74 Å². The van der Waals surface area contributed by atoms with Gasteiger partial charge >= 0.3 is 0 Å². The second-order valence-electron chi connectivity index (χ2n) is 5.12. The molecule has 0 aromatic carbocycles. The summed E-state index contributed by atoms with van der Waals surface area (Å²) in [5, 5.41) is 9.07. The predicted molar refractivity (Wildman–Crippen MR) is 68.8 cm³/mol. The minimum Gasteiger partial charge on any atom is -0.472 e. The van der Waals surface area contributed by atoms with Gasteiger partial charge in [0.05, 0.1) is 5.69 Å². The molecule has 0 aliphatic rings. The van der Waals surface area contributed by atoms with Crippen LogP contribution in [-0.4, -0.2) is 10.2 Å². The Hall–Kier alpha value is -1.63. The van der Waals surface area contributed by atoms with E-state index in [4.69, 9.17) is 15.7 Å². The first-order chi connectivity index (χ1) is 7.89. The zero-order chi connectivity index (χ0) is 13.1. The number of rotatable bonds is 4. The molecule has 2 N–H and O–H groups in total. The molecule has 17 heavy (non-hydrogen) atoms. The molecule has 0 bridgehead atoms. The lowest BCUT2D eigenvalue weighted by Crippen LogP contribution is -2.25. The summed E-state index contributed by atoms with van der Waals surface area (Å²) in [4.78, 5) is 0. The Bertz CT molecular complexity index is 421. The van der Waals surface area contributed by atoms with Crippen molar-refractivity contribution in [2.45, 2.75) is 52.7 Å². The van der Waals surface area contributed by atoms with E-state index in [0.29, 0.717) is 17.3 Å². The SMILES string of the molecule is CCCCn1c(C#N)cc(N)c1OC(C)(C)C. The van der Waals surface area contributed by atoms with E-state index in [0.717, 1.165) is 19.4 Å². The van der Waals surface area contributed by atoms with Crippen LogP contribution in [0.3, 0.4) is 0 Å². The van der Waals surface area contributed by atoms with E-state index >= 15 is 0 Å². The molecule has 0 aliphatic heterocycles. The Morgan fingerprint density at radius 2 is 2.12 bits per heavy atom. The van der Waals surface area contributed by atoms with Gasteiger partial charge in [-0.15, -0.1) is 0 Å². The van der Waals surface area contributed by atoms with E-state index in [1.54, 1.807) is 6.07 Å². The molecule has 4 nitrogen and oxygen atoms in total. The van der Waals surface area contributed by atoms with Gasteiger partial charge in [0.2, 0.25) is 5.88 Å². The number of aromatic nitrogens is 1. The molecule has 0 aliphatic carbocycles. The zero-order valence-corrected chi connectivity index (χ0v) is 11.1. The fraction of sp³-hybridized carbons (Fsp3) is 0.615. The molecule has 0 saturated heterocycles. The van der Waals surface area contributed by atoms with Gasteiger partial charge in [-0.3, -0.25) is 0 Å². The molecule has 0 amide bonds. The summed E-state index contributed by atoms with van der Waals surface area (Å²) >= 11 is 0. The standard InChI is InChI=1S/C13H21N3O/c1-5-6-7-16-10(9-14)8-11(15)12(16)17-13(2,3)4/h8H,5-7,15H2,1-4H3. The van der Waals surface area contributed by atoms with Gasteiger partial charge in [0.15, 0.2) is 0 Å². The second kappa shape index (κ2) is 5.13. The second-order valence-corrected chi connectivity index (χ2v) is 5.12. The van der Waals surface area contributed by atoms with Crippen LogP contribution in [0.2, 0.25) is 0 Å². The third-order valence-electron chi connectivity index (χ3n) is 2.33. The van der Waals surface area contributed by atoms with Crippen molar-refractivity contribution in [3.05, 3.63) is 11.8 Å². The summed E-state index contributed by atoms with van der Waals surface area (Å²) in [5.41, 5.74) is 6.68. The highest BCUT2D eigenvalue weighted by Gasteiger charge is 2.20. The number of nitrogens with zero attached hydrogens (tertiary/aromatic N) is 2. The van der Waals surface area contributed by atoms with Crippen LogP contribution in [0, 0.1) is 11.3 Å². The fourth-order valence-corrected chi connectivity index (χ4v) is 1.59. The van der Waals surface area contributed by atoms with Crippen molar-refractivity contribution in [2.24, 2.45) is 0 Å². The van der Waals surface area contributed by atoms with E-state index in [1.165, 1.54) is 0 Å². The van der Waals surface area contributed by atoms with Crippen molar-refractivity contribution in [3.8, 4) is 11.9 Å². The average Bonchev–Trinajstić information content (AvgIpc) is 2.51. The van der Waals surface area contributed by atoms with Gasteiger partial charge in [-0.2, -0.15) is 5.26 Å². The number of unbranched alkanes of at least 4 members (excludes halogenated alkanes) is 1. The van der Waals surface area contributed by atoms with Crippen LogP contribution in [0.4, 0.5) is 5.69 Å². The van der Waals surface area contributed by atoms with Gasteiger partial charge in [0.25, 0.3) is 0 Å². The lowest BCUT2D eigenvalue weighted by atomic mass is 10.2. The van der Waals surface area contributed by atoms with Crippen LogP contribution in [0.1, 0.15) is 46.2 Å². The summed E-state index contributed by atoms with van der Waals surface area (Å²) in [7, 11) is 0. The van der Waals surface area contributed by atoms with E-state index in [2.05, 4.69) is 13.0 Å². The third-order valence-corrected chi connectivity index (χ3v) is 2.33. The van der Waals surface area contributed by atoms with Crippen LogP contribution in [0.5, 0.6) is 5.88 Å². The predicted octanol–water partition coefficient (Wildman–Crippen LogP) is 2.92. The maximum absolute atomic E-state index is 9.07. The molecular weight excluding hydrogens is 214 g/mol.